The Labute approximate surface area is 246 Å². The number of hydrogen-bond donors (Lipinski definition) is 1. The van der Waals surface area contributed by atoms with Crippen molar-refractivity contribution in [3.8, 4) is 0 Å². The second-order valence-corrected chi connectivity index (χ2v) is 8.06. The first-order valence-corrected chi connectivity index (χ1v) is 9.14. The van der Waals surface area contributed by atoms with Crippen molar-refractivity contribution in [3.63, 3.8) is 0 Å². The van der Waals surface area contributed by atoms with Gasteiger partial charge in [-0.1, -0.05) is 0 Å². The molecule has 0 saturated carbocycles. The molecule has 0 aliphatic carbocycles. The topological polar surface area (TPSA) is 38.7 Å². The van der Waals surface area contributed by atoms with Gasteiger partial charge in [0.15, 0.2) is 0 Å². The van der Waals surface area contributed by atoms with E-state index in [4.69, 9.17) is 5.11 Å². The van der Waals surface area contributed by atoms with Crippen molar-refractivity contribution in [2.75, 3.05) is 0 Å². The van der Waals surface area contributed by atoms with E-state index in [9.17, 15) is 119 Å². The molecule has 1 radical (unpaired) electrons. The minimum atomic E-state index is -9.31. The Morgan fingerprint density at radius 2 is 0.644 bits per heavy atom. The van der Waals surface area contributed by atoms with Crippen LogP contribution in [0.15, 0.2) is 0 Å². The first-order valence-electron chi connectivity index (χ1n) is 9.14. The largest absolute Gasteiger partial charge is 0.460 e. The predicted octanol–water partition coefficient (Wildman–Crippen LogP) is 7.40. The molecule has 0 aromatic carbocycles. The van der Waals surface area contributed by atoms with Gasteiger partial charge in [-0.05, 0) is 0 Å². The maximum atomic E-state index is 14.5. The summed E-state index contributed by atoms with van der Waals surface area (Å²) < 4.78 is 361. The molecule has 3 nitrogen and oxygen atoms in total. The van der Waals surface area contributed by atoms with Crippen molar-refractivity contribution >= 4 is 29.6 Å². The van der Waals surface area contributed by atoms with Crippen molar-refractivity contribution in [1.82, 2.24) is 0 Å². The summed E-state index contributed by atoms with van der Waals surface area (Å²) in [7, 11) is 0. The molecular weight excluding hydrogens is 752 g/mol. The first-order chi connectivity index (χ1) is 18.4. The van der Waals surface area contributed by atoms with Gasteiger partial charge < -0.3 is 5.11 Å². The van der Waals surface area contributed by atoms with Crippen LogP contribution in [0.5, 0.6) is 0 Å². The standard InChI is InChI=1S/C14HF27O3.Na/c15-1(16,3(19,20)7(27,28)11(32,33)34)5(23,24)9(31)14(40,41)44-10(43-9,13(38,39)42)6(25,26)2(17,18)4(21,22)8(29,30)12(35,36)37;/h42H;. The second kappa shape index (κ2) is 10.5. The molecule has 1 aliphatic rings. The number of hydrogen-bond acceptors (Lipinski definition) is 3. The zero-order valence-electron chi connectivity index (χ0n) is 19.5. The summed E-state index contributed by atoms with van der Waals surface area (Å²) in [6, 6.07) is 0. The van der Waals surface area contributed by atoms with E-state index in [1.807, 2.05) is 0 Å². The van der Waals surface area contributed by atoms with Gasteiger partial charge in [0.05, 0.1) is 0 Å². The molecule has 31 heteroatoms. The number of aliphatic hydroxyl groups is 1. The quantitative estimate of drug-likeness (QED) is 0.197. The molecule has 0 spiro atoms. The molecule has 1 aliphatic heterocycles. The van der Waals surface area contributed by atoms with Crippen LogP contribution >= 0.6 is 0 Å². The van der Waals surface area contributed by atoms with Gasteiger partial charge in [0.25, 0.3) is 0 Å². The fourth-order valence-corrected chi connectivity index (χ4v) is 2.76. The minimum Gasteiger partial charge on any atom is -0.332 e. The maximum Gasteiger partial charge on any atom is 0.460 e. The van der Waals surface area contributed by atoms with Gasteiger partial charge in [-0.15, -0.1) is 0 Å². The molecule has 1 N–H and O–H groups in total. The SMILES string of the molecule is OC(F)(F)C1(C(F)(F)C(F)(F)C(F)(F)C(F)(F)C(F)(F)F)OC(F)(F)C(F)(C(F)(F)C(F)(F)C(F)(F)C(F)(F)C(F)(F)F)O1.[Na]. The minimum absolute atomic E-state index is 0. The summed E-state index contributed by atoms with van der Waals surface area (Å²) in [6.07, 6.45) is -33.1. The number of halogens is 27. The van der Waals surface area contributed by atoms with Crippen LogP contribution in [-0.4, -0.2) is 118 Å². The van der Waals surface area contributed by atoms with E-state index in [1.165, 1.54) is 9.47 Å². The van der Waals surface area contributed by atoms with Crippen LogP contribution in [-0.2, 0) is 9.47 Å². The van der Waals surface area contributed by atoms with Gasteiger partial charge in [0, 0.05) is 29.6 Å². The van der Waals surface area contributed by atoms with Crippen LogP contribution in [0.4, 0.5) is 119 Å². The Bertz CT molecular complexity index is 1100. The van der Waals surface area contributed by atoms with Crippen molar-refractivity contribution in [1.29, 1.82) is 0 Å². The van der Waals surface area contributed by atoms with E-state index in [2.05, 4.69) is 0 Å². The molecule has 0 aromatic rings. The Balaban J connectivity index is 0.0000194. The summed E-state index contributed by atoms with van der Waals surface area (Å²) in [5, 5.41) is 8.22. The van der Waals surface area contributed by atoms with Crippen LogP contribution < -0.4 is 0 Å². The average Bonchev–Trinajstić information content (AvgIpc) is 2.99. The third kappa shape index (κ3) is 5.10. The Morgan fingerprint density at radius 3 is 0.889 bits per heavy atom. The van der Waals surface area contributed by atoms with Gasteiger partial charge >= 0.3 is 83.6 Å². The molecule has 2 unspecified atom stereocenters. The molecule has 1 saturated heterocycles. The van der Waals surface area contributed by atoms with E-state index < -0.39 is 83.6 Å². The summed E-state index contributed by atoms with van der Waals surface area (Å²) in [5.41, 5.74) is 0. The van der Waals surface area contributed by atoms with Crippen LogP contribution in [0.25, 0.3) is 0 Å². The molecule has 0 aromatic heterocycles. The van der Waals surface area contributed by atoms with Gasteiger partial charge in [0.2, 0.25) is 0 Å². The van der Waals surface area contributed by atoms with E-state index in [1.54, 1.807) is 0 Å². The number of ether oxygens (including phenoxy) is 2. The van der Waals surface area contributed by atoms with Crippen LogP contribution in [0.1, 0.15) is 0 Å². The predicted molar refractivity (Wildman–Crippen MR) is 78.3 cm³/mol. The number of rotatable bonds is 9. The molecule has 265 valence electrons. The number of alkyl halides is 27. The Morgan fingerprint density at radius 1 is 0.378 bits per heavy atom. The van der Waals surface area contributed by atoms with Gasteiger partial charge in [0.1, 0.15) is 0 Å². The van der Waals surface area contributed by atoms with Gasteiger partial charge in [-0.2, -0.15) is 119 Å². The van der Waals surface area contributed by atoms with Crippen LogP contribution in [0.3, 0.4) is 0 Å². The van der Waals surface area contributed by atoms with Gasteiger partial charge in [-0.3, -0.25) is 9.47 Å². The summed E-state index contributed by atoms with van der Waals surface area (Å²) >= 11 is 0. The molecule has 1 heterocycles. The van der Waals surface area contributed by atoms with Crippen molar-refractivity contribution in [2.24, 2.45) is 0 Å². The first kappa shape index (κ1) is 44.0. The summed E-state index contributed by atoms with van der Waals surface area (Å²) in [6.45, 7) is 0. The van der Waals surface area contributed by atoms with Crippen molar-refractivity contribution < 1.29 is 133 Å². The smallest absolute Gasteiger partial charge is 0.332 e. The monoisotopic (exact) mass is 753 g/mol. The summed E-state index contributed by atoms with van der Waals surface area (Å²) in [5.74, 6) is -90.0. The normalized spacial score (nSPS) is 25.3. The zero-order chi connectivity index (χ0) is 36.4. The zero-order valence-corrected chi connectivity index (χ0v) is 21.5. The molecule has 2 atom stereocenters. The third-order valence-corrected chi connectivity index (χ3v) is 5.22. The van der Waals surface area contributed by atoms with Crippen molar-refractivity contribution in [2.45, 2.75) is 83.6 Å². The summed E-state index contributed by atoms with van der Waals surface area (Å²) in [4.78, 5) is 0. The van der Waals surface area contributed by atoms with E-state index in [-0.39, 0.29) is 29.6 Å². The fourth-order valence-electron chi connectivity index (χ4n) is 2.76. The van der Waals surface area contributed by atoms with Gasteiger partial charge in [-0.25, -0.2) is 0 Å². The molecule has 0 amide bonds. The maximum absolute atomic E-state index is 14.5. The molecule has 1 fully saturated rings. The van der Waals surface area contributed by atoms with E-state index >= 15 is 0 Å². The van der Waals surface area contributed by atoms with Crippen LogP contribution in [0, 0.1) is 0 Å². The van der Waals surface area contributed by atoms with E-state index in [0.29, 0.717) is 0 Å². The Kier molecular flexibility index (Phi) is 10.3. The molecule has 1 rings (SSSR count). The molecule has 0 bridgehead atoms. The fraction of sp³-hybridized carbons (Fsp3) is 1.00. The Hall–Kier alpha value is -1.01. The molecule has 45 heavy (non-hydrogen) atoms. The van der Waals surface area contributed by atoms with E-state index in [0.717, 1.165) is 0 Å². The average molecular weight is 753 g/mol. The second-order valence-electron chi connectivity index (χ2n) is 8.06. The van der Waals surface area contributed by atoms with Crippen molar-refractivity contribution in [3.05, 3.63) is 0 Å². The third-order valence-electron chi connectivity index (χ3n) is 5.22. The van der Waals surface area contributed by atoms with Crippen LogP contribution in [0.2, 0.25) is 0 Å². The molecular formula is C14HF27NaO3.